The number of hydrogen-bond donors (Lipinski definition) is 2. The highest BCUT2D eigenvalue weighted by Gasteiger charge is 2.06. The highest BCUT2D eigenvalue weighted by molar-refractivity contribution is 14.0. The SMILES string of the molecule is CCNC(=NCC(C)Oc1ccc(OC)cc1)NC(C)CC.I. The molecule has 0 heterocycles. The summed E-state index contributed by atoms with van der Waals surface area (Å²) in [6.45, 7) is 9.81. The standard InChI is InChI=1S/C17H29N3O2.HI/c1-6-13(3)20-17(18-7-2)19-12-14(4)22-16-10-8-15(21-5)9-11-16;/h8-11,13-14H,6-7,12H2,1-5H3,(H2,18,19,20);1H. The fraction of sp³-hybridized carbons (Fsp3) is 0.588. The Bertz CT molecular complexity index is 452. The van der Waals surface area contributed by atoms with Crippen LogP contribution in [0.1, 0.15) is 34.1 Å². The molecule has 0 saturated heterocycles. The molecular weight excluding hydrogens is 405 g/mol. The third-order valence-electron chi connectivity index (χ3n) is 3.24. The van der Waals surface area contributed by atoms with E-state index in [-0.39, 0.29) is 30.1 Å². The van der Waals surface area contributed by atoms with Crippen LogP contribution in [0.2, 0.25) is 0 Å². The first-order valence-corrected chi connectivity index (χ1v) is 7.94. The predicted molar refractivity (Wildman–Crippen MR) is 107 cm³/mol. The maximum atomic E-state index is 5.86. The van der Waals surface area contributed by atoms with Gasteiger partial charge in [-0.15, -0.1) is 24.0 Å². The van der Waals surface area contributed by atoms with Crippen molar-refractivity contribution in [2.45, 2.75) is 46.3 Å². The van der Waals surface area contributed by atoms with E-state index in [2.05, 4.69) is 36.4 Å². The van der Waals surface area contributed by atoms with Crippen molar-refractivity contribution in [2.75, 3.05) is 20.2 Å². The third kappa shape index (κ3) is 8.88. The van der Waals surface area contributed by atoms with Crippen molar-refractivity contribution in [1.29, 1.82) is 0 Å². The number of methoxy groups -OCH3 is 1. The molecule has 0 radical (unpaired) electrons. The zero-order chi connectivity index (χ0) is 16.4. The van der Waals surface area contributed by atoms with Crippen molar-refractivity contribution in [3.63, 3.8) is 0 Å². The average Bonchev–Trinajstić information content (AvgIpc) is 2.53. The molecule has 0 amide bonds. The molecule has 0 aliphatic rings. The van der Waals surface area contributed by atoms with Crippen LogP contribution in [0.3, 0.4) is 0 Å². The largest absolute Gasteiger partial charge is 0.497 e. The van der Waals surface area contributed by atoms with E-state index < -0.39 is 0 Å². The molecule has 0 aliphatic carbocycles. The first-order valence-electron chi connectivity index (χ1n) is 7.94. The molecule has 5 nitrogen and oxygen atoms in total. The van der Waals surface area contributed by atoms with Gasteiger partial charge >= 0.3 is 0 Å². The number of guanidine groups is 1. The number of nitrogens with zero attached hydrogens (tertiary/aromatic N) is 1. The second-order valence-corrected chi connectivity index (χ2v) is 5.28. The van der Waals surface area contributed by atoms with E-state index in [4.69, 9.17) is 9.47 Å². The molecule has 2 atom stereocenters. The molecule has 23 heavy (non-hydrogen) atoms. The first-order chi connectivity index (χ1) is 10.6. The summed E-state index contributed by atoms with van der Waals surface area (Å²) in [5, 5.41) is 6.62. The smallest absolute Gasteiger partial charge is 0.191 e. The van der Waals surface area contributed by atoms with Crippen molar-refractivity contribution in [3.8, 4) is 11.5 Å². The summed E-state index contributed by atoms with van der Waals surface area (Å²) in [4.78, 5) is 4.58. The van der Waals surface area contributed by atoms with Crippen LogP contribution < -0.4 is 20.1 Å². The number of aliphatic imine (C=N–C) groups is 1. The molecule has 0 spiro atoms. The lowest BCUT2D eigenvalue weighted by Crippen LogP contribution is -2.42. The van der Waals surface area contributed by atoms with Crippen LogP contribution in [-0.4, -0.2) is 38.3 Å². The molecule has 6 heteroatoms. The van der Waals surface area contributed by atoms with Crippen LogP contribution in [0, 0.1) is 0 Å². The van der Waals surface area contributed by atoms with E-state index in [0.717, 1.165) is 30.4 Å². The summed E-state index contributed by atoms with van der Waals surface area (Å²) in [5.41, 5.74) is 0. The Morgan fingerprint density at radius 2 is 1.74 bits per heavy atom. The summed E-state index contributed by atoms with van der Waals surface area (Å²) in [6.07, 6.45) is 1.06. The fourth-order valence-electron chi connectivity index (χ4n) is 1.80. The van der Waals surface area contributed by atoms with Gasteiger partial charge in [-0.2, -0.15) is 0 Å². The monoisotopic (exact) mass is 435 g/mol. The lowest BCUT2D eigenvalue weighted by atomic mass is 10.3. The molecule has 0 aliphatic heterocycles. The second-order valence-electron chi connectivity index (χ2n) is 5.28. The van der Waals surface area contributed by atoms with Gasteiger partial charge in [0.1, 0.15) is 17.6 Å². The summed E-state index contributed by atoms with van der Waals surface area (Å²) in [6, 6.07) is 7.99. The zero-order valence-electron chi connectivity index (χ0n) is 14.8. The van der Waals surface area contributed by atoms with Crippen LogP contribution >= 0.6 is 24.0 Å². The first kappa shape index (κ1) is 21.8. The molecule has 0 aromatic heterocycles. The maximum Gasteiger partial charge on any atom is 0.191 e. The summed E-state index contributed by atoms with van der Waals surface area (Å²) in [7, 11) is 1.65. The molecule has 2 unspecified atom stereocenters. The van der Waals surface area contributed by atoms with Crippen molar-refractivity contribution in [1.82, 2.24) is 10.6 Å². The number of halogens is 1. The normalized spacial score (nSPS) is 13.5. The lowest BCUT2D eigenvalue weighted by Gasteiger charge is -2.18. The van der Waals surface area contributed by atoms with Crippen LogP contribution in [0.5, 0.6) is 11.5 Å². The molecule has 1 aromatic rings. The van der Waals surface area contributed by atoms with Crippen molar-refractivity contribution >= 4 is 29.9 Å². The Kier molecular flexibility index (Phi) is 11.6. The van der Waals surface area contributed by atoms with Gasteiger partial charge in [0.15, 0.2) is 5.96 Å². The molecule has 1 aromatic carbocycles. The van der Waals surface area contributed by atoms with Gasteiger partial charge in [0, 0.05) is 12.6 Å². The summed E-state index contributed by atoms with van der Waals surface area (Å²) in [5.74, 6) is 2.48. The van der Waals surface area contributed by atoms with E-state index >= 15 is 0 Å². The van der Waals surface area contributed by atoms with E-state index in [1.165, 1.54) is 0 Å². The van der Waals surface area contributed by atoms with Gasteiger partial charge < -0.3 is 20.1 Å². The summed E-state index contributed by atoms with van der Waals surface area (Å²) >= 11 is 0. The van der Waals surface area contributed by atoms with Gasteiger partial charge in [-0.05, 0) is 51.5 Å². The molecule has 0 saturated carbocycles. The van der Waals surface area contributed by atoms with Gasteiger partial charge in [-0.3, -0.25) is 0 Å². The van der Waals surface area contributed by atoms with Gasteiger partial charge in [-0.1, -0.05) is 6.92 Å². The van der Waals surface area contributed by atoms with E-state index in [9.17, 15) is 0 Å². The fourth-order valence-corrected chi connectivity index (χ4v) is 1.80. The number of ether oxygens (including phenoxy) is 2. The molecule has 0 fully saturated rings. The average molecular weight is 435 g/mol. The van der Waals surface area contributed by atoms with E-state index in [0.29, 0.717) is 12.6 Å². The minimum absolute atomic E-state index is 0. The van der Waals surface area contributed by atoms with Gasteiger partial charge in [-0.25, -0.2) is 4.99 Å². The number of hydrogen-bond acceptors (Lipinski definition) is 3. The molecule has 2 N–H and O–H groups in total. The van der Waals surface area contributed by atoms with Crippen molar-refractivity contribution in [2.24, 2.45) is 4.99 Å². The second kappa shape index (κ2) is 12.3. The van der Waals surface area contributed by atoms with Crippen molar-refractivity contribution < 1.29 is 9.47 Å². The van der Waals surface area contributed by atoms with Crippen LogP contribution in [-0.2, 0) is 0 Å². The Balaban J connectivity index is 0.00000484. The predicted octanol–water partition coefficient (Wildman–Crippen LogP) is 3.43. The van der Waals surface area contributed by atoms with Crippen LogP contribution in [0.25, 0.3) is 0 Å². The zero-order valence-corrected chi connectivity index (χ0v) is 17.1. The minimum Gasteiger partial charge on any atom is -0.497 e. The van der Waals surface area contributed by atoms with Gasteiger partial charge in [0.2, 0.25) is 0 Å². The number of benzene rings is 1. The summed E-state index contributed by atoms with van der Waals surface area (Å²) < 4.78 is 11.0. The van der Waals surface area contributed by atoms with E-state index in [1.54, 1.807) is 7.11 Å². The van der Waals surface area contributed by atoms with Crippen LogP contribution in [0.15, 0.2) is 29.3 Å². The molecule has 1 rings (SSSR count). The van der Waals surface area contributed by atoms with E-state index in [1.807, 2.05) is 31.2 Å². The molecule has 132 valence electrons. The molecule has 0 bridgehead atoms. The Labute approximate surface area is 157 Å². The Morgan fingerprint density at radius 3 is 2.26 bits per heavy atom. The molecular formula is C17H30IN3O2. The van der Waals surface area contributed by atoms with Crippen molar-refractivity contribution in [3.05, 3.63) is 24.3 Å². The van der Waals surface area contributed by atoms with Gasteiger partial charge in [0.05, 0.1) is 13.7 Å². The Morgan fingerprint density at radius 1 is 1.13 bits per heavy atom. The number of nitrogens with one attached hydrogen (secondary N) is 2. The maximum absolute atomic E-state index is 5.86. The minimum atomic E-state index is 0. The van der Waals surface area contributed by atoms with Gasteiger partial charge in [0.25, 0.3) is 0 Å². The third-order valence-corrected chi connectivity index (χ3v) is 3.24. The van der Waals surface area contributed by atoms with Crippen LogP contribution in [0.4, 0.5) is 0 Å². The Hall–Kier alpha value is -1.18. The number of rotatable bonds is 8. The quantitative estimate of drug-likeness (QED) is 0.373. The topological polar surface area (TPSA) is 54.9 Å². The lowest BCUT2D eigenvalue weighted by molar-refractivity contribution is 0.230. The highest BCUT2D eigenvalue weighted by Crippen LogP contribution is 2.18. The highest BCUT2D eigenvalue weighted by atomic mass is 127.